The van der Waals surface area contributed by atoms with Gasteiger partial charge in [-0.15, -0.1) is 5.10 Å². The van der Waals surface area contributed by atoms with E-state index in [-0.39, 0.29) is 0 Å². The lowest BCUT2D eigenvalue weighted by Crippen LogP contribution is -2.04. The molecule has 0 atom stereocenters. The molecule has 0 bridgehead atoms. The molecule has 0 unspecified atom stereocenters. The predicted molar refractivity (Wildman–Crippen MR) is 48.0 cm³/mol. The molecule has 13 heavy (non-hydrogen) atoms. The molecule has 2 aromatic rings. The van der Waals surface area contributed by atoms with Crippen LogP contribution in [0.3, 0.4) is 0 Å². The van der Waals surface area contributed by atoms with Crippen LogP contribution in [0.25, 0.3) is 5.78 Å². The number of nitrogens with zero attached hydrogens (tertiary/aromatic N) is 4. The van der Waals surface area contributed by atoms with E-state index in [0.29, 0.717) is 30.3 Å². The molecular formula is C7H10N6. The molecule has 0 saturated heterocycles. The van der Waals surface area contributed by atoms with E-state index in [0.717, 1.165) is 0 Å². The maximum atomic E-state index is 5.53. The zero-order valence-electron chi connectivity index (χ0n) is 7.01. The average molecular weight is 178 g/mol. The summed E-state index contributed by atoms with van der Waals surface area (Å²) in [5.74, 6) is 1.25. The first-order chi connectivity index (χ1) is 6.29. The maximum absolute atomic E-state index is 5.53. The van der Waals surface area contributed by atoms with E-state index < -0.39 is 0 Å². The Bertz CT molecular complexity index is 420. The second kappa shape index (κ2) is 2.98. The summed E-state index contributed by atoms with van der Waals surface area (Å²) in [5.41, 5.74) is 11.5. The normalized spacial score (nSPS) is 10.8. The number of nitrogens with two attached hydrogens (primary N) is 2. The minimum absolute atomic E-state index is 0.534. The number of rotatable bonds is 2. The summed E-state index contributed by atoms with van der Waals surface area (Å²) in [6.07, 6.45) is 3.88. The molecule has 4 N–H and O–H groups in total. The van der Waals surface area contributed by atoms with Gasteiger partial charge in [0.1, 0.15) is 0 Å². The van der Waals surface area contributed by atoms with Gasteiger partial charge in [0.15, 0.2) is 5.82 Å². The van der Waals surface area contributed by atoms with Gasteiger partial charge in [-0.05, 0) is 6.54 Å². The Morgan fingerprint density at radius 2 is 2.31 bits per heavy atom. The van der Waals surface area contributed by atoms with E-state index in [1.807, 2.05) is 0 Å². The predicted octanol–water partition coefficient (Wildman–Crippen LogP) is -0.792. The molecule has 2 heterocycles. The van der Waals surface area contributed by atoms with Crippen molar-refractivity contribution in [2.45, 2.75) is 6.42 Å². The molecular weight excluding hydrogens is 168 g/mol. The summed E-state index contributed by atoms with van der Waals surface area (Å²) in [6, 6.07) is 0. The molecule has 0 aliphatic heterocycles. The summed E-state index contributed by atoms with van der Waals surface area (Å²) >= 11 is 0. The zero-order valence-corrected chi connectivity index (χ0v) is 7.01. The van der Waals surface area contributed by atoms with Gasteiger partial charge >= 0.3 is 0 Å². The topological polar surface area (TPSA) is 95.1 Å². The van der Waals surface area contributed by atoms with Gasteiger partial charge in [-0.3, -0.25) is 0 Å². The molecule has 0 spiro atoms. The van der Waals surface area contributed by atoms with Crippen molar-refractivity contribution in [3.63, 3.8) is 0 Å². The van der Waals surface area contributed by atoms with Crippen molar-refractivity contribution in [3.8, 4) is 0 Å². The highest BCUT2D eigenvalue weighted by atomic mass is 15.3. The van der Waals surface area contributed by atoms with Crippen molar-refractivity contribution in [3.05, 3.63) is 18.2 Å². The van der Waals surface area contributed by atoms with Crippen molar-refractivity contribution < 1.29 is 0 Å². The van der Waals surface area contributed by atoms with Crippen molar-refractivity contribution in [2.75, 3.05) is 12.3 Å². The lowest BCUT2D eigenvalue weighted by molar-refractivity contribution is 0.842. The third-order valence-electron chi connectivity index (χ3n) is 1.63. The summed E-state index contributed by atoms with van der Waals surface area (Å²) in [6.45, 7) is 0.534. The molecule has 0 amide bonds. The molecule has 0 aliphatic rings. The Hall–Kier alpha value is -1.69. The minimum atomic E-state index is 0.534. The van der Waals surface area contributed by atoms with Gasteiger partial charge in [0.05, 0.1) is 18.1 Å². The Balaban J connectivity index is 2.49. The maximum Gasteiger partial charge on any atom is 0.252 e. The van der Waals surface area contributed by atoms with Gasteiger partial charge in [-0.25, -0.2) is 9.50 Å². The number of nitrogen functional groups attached to an aromatic ring is 1. The first kappa shape index (κ1) is 7.93. The second-order valence-corrected chi connectivity index (χ2v) is 2.70. The molecule has 2 rings (SSSR count). The molecule has 6 nitrogen and oxygen atoms in total. The molecule has 68 valence electrons. The SMILES string of the molecule is NCCc1nc2ncc(N)cn2n1. The number of hydrogen-bond donors (Lipinski definition) is 2. The van der Waals surface area contributed by atoms with Crippen molar-refractivity contribution in [2.24, 2.45) is 5.73 Å². The van der Waals surface area contributed by atoms with Crippen molar-refractivity contribution in [1.29, 1.82) is 0 Å². The second-order valence-electron chi connectivity index (χ2n) is 2.70. The average Bonchev–Trinajstić information content (AvgIpc) is 2.46. The van der Waals surface area contributed by atoms with Crippen LogP contribution in [0.15, 0.2) is 12.4 Å². The highest BCUT2D eigenvalue weighted by molar-refractivity contribution is 5.37. The quantitative estimate of drug-likeness (QED) is 0.628. The highest BCUT2D eigenvalue weighted by Crippen LogP contribution is 2.02. The molecule has 0 fully saturated rings. The molecule has 0 aromatic carbocycles. The van der Waals surface area contributed by atoms with Crippen LogP contribution >= 0.6 is 0 Å². The standard InChI is InChI=1S/C7H10N6/c8-2-1-6-11-7-10-3-5(9)4-13(7)12-6/h3-4H,1-2,8-9H2. The number of anilines is 1. The van der Waals surface area contributed by atoms with Crippen LogP contribution in [0.1, 0.15) is 5.82 Å². The van der Waals surface area contributed by atoms with Crippen molar-refractivity contribution >= 4 is 11.5 Å². The van der Waals surface area contributed by atoms with Crippen LogP contribution in [0.2, 0.25) is 0 Å². The largest absolute Gasteiger partial charge is 0.396 e. The minimum Gasteiger partial charge on any atom is -0.396 e. The summed E-state index contributed by atoms with van der Waals surface area (Å²) in [4.78, 5) is 8.16. The Morgan fingerprint density at radius 1 is 1.46 bits per heavy atom. The van der Waals surface area contributed by atoms with E-state index in [1.165, 1.54) is 0 Å². The van der Waals surface area contributed by atoms with E-state index in [1.54, 1.807) is 16.9 Å². The summed E-state index contributed by atoms with van der Waals surface area (Å²) < 4.78 is 1.56. The molecule has 0 saturated carbocycles. The third-order valence-corrected chi connectivity index (χ3v) is 1.63. The first-order valence-electron chi connectivity index (χ1n) is 3.96. The van der Waals surface area contributed by atoms with Crippen LogP contribution in [-0.2, 0) is 6.42 Å². The van der Waals surface area contributed by atoms with Gasteiger partial charge in [0.25, 0.3) is 5.78 Å². The molecule has 0 aliphatic carbocycles. The van der Waals surface area contributed by atoms with Gasteiger partial charge < -0.3 is 11.5 Å². The van der Waals surface area contributed by atoms with Crippen LogP contribution in [0, 0.1) is 0 Å². The van der Waals surface area contributed by atoms with E-state index in [4.69, 9.17) is 11.5 Å². The molecule has 2 aromatic heterocycles. The highest BCUT2D eigenvalue weighted by Gasteiger charge is 2.02. The Labute approximate surface area is 74.6 Å². The van der Waals surface area contributed by atoms with Gasteiger partial charge in [-0.2, -0.15) is 4.98 Å². The smallest absolute Gasteiger partial charge is 0.252 e. The first-order valence-corrected chi connectivity index (χ1v) is 3.96. The zero-order chi connectivity index (χ0) is 9.26. The molecule has 6 heteroatoms. The summed E-state index contributed by atoms with van der Waals surface area (Å²) in [5, 5.41) is 4.15. The van der Waals surface area contributed by atoms with Crippen LogP contribution in [0.4, 0.5) is 5.69 Å². The van der Waals surface area contributed by atoms with E-state index in [2.05, 4.69) is 15.1 Å². The fraction of sp³-hybridized carbons (Fsp3) is 0.286. The summed E-state index contributed by atoms with van der Waals surface area (Å²) in [7, 11) is 0. The van der Waals surface area contributed by atoms with Gasteiger partial charge in [-0.1, -0.05) is 0 Å². The van der Waals surface area contributed by atoms with Crippen molar-refractivity contribution in [1.82, 2.24) is 19.6 Å². The fourth-order valence-corrected chi connectivity index (χ4v) is 1.07. The molecule has 0 radical (unpaired) electrons. The third kappa shape index (κ3) is 1.43. The number of fused-ring (bicyclic) bond motifs is 1. The fourth-order valence-electron chi connectivity index (χ4n) is 1.07. The monoisotopic (exact) mass is 178 g/mol. The van der Waals surface area contributed by atoms with Crippen LogP contribution < -0.4 is 11.5 Å². The van der Waals surface area contributed by atoms with Gasteiger partial charge in [0.2, 0.25) is 0 Å². The number of aromatic nitrogens is 4. The lowest BCUT2D eigenvalue weighted by atomic mass is 10.4. The van der Waals surface area contributed by atoms with E-state index in [9.17, 15) is 0 Å². The van der Waals surface area contributed by atoms with Crippen LogP contribution in [-0.4, -0.2) is 26.1 Å². The Morgan fingerprint density at radius 3 is 3.08 bits per heavy atom. The van der Waals surface area contributed by atoms with Crippen LogP contribution in [0.5, 0.6) is 0 Å². The number of hydrogen-bond acceptors (Lipinski definition) is 5. The van der Waals surface area contributed by atoms with E-state index >= 15 is 0 Å². The Kier molecular flexibility index (Phi) is 1.82. The lowest BCUT2D eigenvalue weighted by Gasteiger charge is -1.90. The van der Waals surface area contributed by atoms with Gasteiger partial charge in [0, 0.05) is 6.42 Å².